The molecule has 7 heteroatoms. The lowest BCUT2D eigenvalue weighted by molar-refractivity contribution is -0.0124. The average molecular weight is 463 g/mol. The number of ether oxygens (including phenoxy) is 1. The number of carbonyl (C=O) groups is 1. The first-order valence-electron chi connectivity index (χ1n) is 12.2. The van der Waals surface area contributed by atoms with Crippen LogP contribution >= 0.6 is 0 Å². The van der Waals surface area contributed by atoms with E-state index in [-0.39, 0.29) is 23.5 Å². The molecule has 5 rings (SSSR count). The largest absolute Gasteiger partial charge is 0.459 e. The monoisotopic (exact) mass is 462 g/mol. The van der Waals surface area contributed by atoms with Crippen molar-refractivity contribution >= 4 is 5.91 Å². The maximum Gasteiger partial charge on any atom is 0.287 e. The van der Waals surface area contributed by atoms with Crippen molar-refractivity contribution in [3.05, 3.63) is 76.5 Å². The number of hydrogen-bond donors (Lipinski definition) is 1. The van der Waals surface area contributed by atoms with Gasteiger partial charge < -0.3 is 14.5 Å². The van der Waals surface area contributed by atoms with Gasteiger partial charge in [-0.1, -0.05) is 24.3 Å². The van der Waals surface area contributed by atoms with Crippen LogP contribution in [-0.2, 0) is 23.2 Å². The Morgan fingerprint density at radius 2 is 1.97 bits per heavy atom. The summed E-state index contributed by atoms with van der Waals surface area (Å²) in [5.74, 6) is 0.113. The van der Waals surface area contributed by atoms with E-state index in [1.54, 1.807) is 19.2 Å². The number of carbonyl (C=O) groups excluding carboxylic acids is 1. The number of aryl methyl sites for hydroxylation is 2. The average Bonchev–Trinajstić information content (AvgIpc) is 3.54. The van der Waals surface area contributed by atoms with E-state index >= 15 is 0 Å². The van der Waals surface area contributed by atoms with Gasteiger partial charge in [-0.25, -0.2) is 0 Å². The van der Waals surface area contributed by atoms with Crippen LogP contribution in [0, 0.1) is 13.8 Å². The van der Waals surface area contributed by atoms with Crippen molar-refractivity contribution in [1.29, 1.82) is 0 Å². The normalized spacial score (nSPS) is 21.6. The molecule has 1 aliphatic heterocycles. The van der Waals surface area contributed by atoms with Gasteiger partial charge in [0, 0.05) is 36.9 Å². The minimum Gasteiger partial charge on any atom is -0.459 e. The highest BCUT2D eigenvalue weighted by molar-refractivity contribution is 5.91. The lowest BCUT2D eigenvalue weighted by Gasteiger charge is -2.44. The quantitative estimate of drug-likeness (QED) is 0.596. The number of methoxy groups -OCH3 is 1. The Balaban J connectivity index is 1.38. The number of amides is 1. The van der Waals surface area contributed by atoms with Crippen LogP contribution < -0.4 is 5.32 Å². The van der Waals surface area contributed by atoms with Gasteiger partial charge in [0.25, 0.3) is 5.91 Å². The Morgan fingerprint density at radius 1 is 1.21 bits per heavy atom. The Kier molecular flexibility index (Phi) is 6.08. The maximum absolute atomic E-state index is 12.9. The number of hydrogen-bond acceptors (Lipinski definition) is 5. The van der Waals surface area contributed by atoms with E-state index in [1.165, 1.54) is 23.1 Å². The summed E-state index contributed by atoms with van der Waals surface area (Å²) in [5.41, 5.74) is 6.07. The molecule has 1 spiro atoms. The second-order valence-corrected chi connectivity index (χ2v) is 9.57. The van der Waals surface area contributed by atoms with Gasteiger partial charge >= 0.3 is 0 Å². The van der Waals surface area contributed by atoms with Crippen molar-refractivity contribution in [2.75, 3.05) is 20.2 Å². The summed E-state index contributed by atoms with van der Waals surface area (Å²) in [6, 6.07) is 11.7. The van der Waals surface area contributed by atoms with Crippen LogP contribution in [0.3, 0.4) is 0 Å². The fraction of sp³-hybridized carbons (Fsp3) is 0.481. The predicted molar refractivity (Wildman–Crippen MR) is 130 cm³/mol. The van der Waals surface area contributed by atoms with Gasteiger partial charge in [-0.2, -0.15) is 5.10 Å². The fourth-order valence-electron chi connectivity index (χ4n) is 6.15. The zero-order valence-electron chi connectivity index (χ0n) is 20.5. The standard InChI is InChI=1S/C27H34N4O3/c1-5-31-19(3)21(18(2)29-31)17-30-14-12-27(13-15-30)22-10-7-6-9-20(22)24(25(27)33-4)28-26(32)23-11-8-16-34-23/h6-11,16,24-25H,5,12-15,17H2,1-4H3,(H,28,32)/t24-,25+/m0/s1. The first kappa shape index (κ1) is 22.9. The molecule has 7 nitrogen and oxygen atoms in total. The van der Waals surface area contributed by atoms with E-state index in [0.29, 0.717) is 5.76 Å². The molecule has 34 heavy (non-hydrogen) atoms. The minimum absolute atomic E-state index is 0.124. The molecule has 1 fully saturated rings. The highest BCUT2D eigenvalue weighted by Gasteiger charge is 2.54. The van der Waals surface area contributed by atoms with E-state index < -0.39 is 0 Å². The molecular formula is C27H34N4O3. The Morgan fingerprint density at radius 3 is 2.62 bits per heavy atom. The Bertz CT molecular complexity index is 1160. The molecule has 180 valence electrons. The summed E-state index contributed by atoms with van der Waals surface area (Å²) in [6.07, 6.45) is 3.36. The highest BCUT2D eigenvalue weighted by Crippen LogP contribution is 2.52. The van der Waals surface area contributed by atoms with Crippen LogP contribution in [0.15, 0.2) is 47.1 Å². The molecule has 2 aliphatic rings. The predicted octanol–water partition coefficient (Wildman–Crippen LogP) is 4.15. The van der Waals surface area contributed by atoms with Gasteiger partial charge in [-0.15, -0.1) is 0 Å². The van der Waals surface area contributed by atoms with E-state index in [9.17, 15) is 4.79 Å². The second kappa shape index (κ2) is 9.04. The molecule has 2 aromatic heterocycles. The zero-order chi connectivity index (χ0) is 23.9. The van der Waals surface area contributed by atoms with Crippen molar-refractivity contribution in [3.63, 3.8) is 0 Å². The lowest BCUT2D eigenvalue weighted by Crippen LogP contribution is -2.50. The molecule has 0 unspecified atom stereocenters. The van der Waals surface area contributed by atoms with Crippen LogP contribution in [0.2, 0.25) is 0 Å². The number of aromatic nitrogens is 2. The highest BCUT2D eigenvalue weighted by atomic mass is 16.5. The van der Waals surface area contributed by atoms with E-state index in [4.69, 9.17) is 14.3 Å². The van der Waals surface area contributed by atoms with Gasteiger partial charge in [0.15, 0.2) is 5.76 Å². The SMILES string of the molecule is CCn1nc(C)c(CN2CCC3(CC2)c2ccccc2[C@H](NC(=O)c2ccco2)[C@H]3OC)c1C. The molecule has 1 saturated heterocycles. The molecule has 0 bridgehead atoms. The van der Waals surface area contributed by atoms with Crippen LogP contribution in [0.25, 0.3) is 0 Å². The maximum atomic E-state index is 12.9. The van der Waals surface area contributed by atoms with Crippen molar-refractivity contribution < 1.29 is 13.9 Å². The molecular weight excluding hydrogens is 428 g/mol. The summed E-state index contributed by atoms with van der Waals surface area (Å²) in [4.78, 5) is 15.4. The van der Waals surface area contributed by atoms with Crippen molar-refractivity contribution in [2.45, 2.75) is 64.3 Å². The van der Waals surface area contributed by atoms with Crippen molar-refractivity contribution in [3.8, 4) is 0 Å². The topological polar surface area (TPSA) is 72.5 Å². The van der Waals surface area contributed by atoms with Crippen LogP contribution in [0.4, 0.5) is 0 Å². The third-order valence-electron chi connectivity index (χ3n) is 7.93. The molecule has 1 N–H and O–H groups in total. The van der Waals surface area contributed by atoms with Crippen LogP contribution in [-0.4, -0.2) is 46.9 Å². The Labute approximate surface area is 201 Å². The van der Waals surface area contributed by atoms with E-state index in [0.717, 1.165) is 50.3 Å². The van der Waals surface area contributed by atoms with Gasteiger partial charge in [0.05, 0.1) is 24.1 Å². The van der Waals surface area contributed by atoms with Gasteiger partial charge in [-0.05, 0) is 70.0 Å². The number of piperidine rings is 1. The van der Waals surface area contributed by atoms with Crippen molar-refractivity contribution in [2.24, 2.45) is 0 Å². The first-order chi connectivity index (χ1) is 16.5. The molecule has 3 heterocycles. The molecule has 1 aromatic carbocycles. The van der Waals surface area contributed by atoms with Crippen LogP contribution in [0.5, 0.6) is 0 Å². The number of nitrogens with one attached hydrogen (secondary N) is 1. The molecule has 0 radical (unpaired) electrons. The minimum atomic E-state index is -0.211. The van der Waals surface area contributed by atoms with Gasteiger partial charge in [0.2, 0.25) is 0 Å². The van der Waals surface area contributed by atoms with Gasteiger partial charge in [0.1, 0.15) is 0 Å². The lowest BCUT2D eigenvalue weighted by atomic mass is 9.71. The smallest absolute Gasteiger partial charge is 0.287 e. The summed E-state index contributed by atoms with van der Waals surface area (Å²) >= 11 is 0. The number of rotatable bonds is 6. The summed E-state index contributed by atoms with van der Waals surface area (Å²) in [6.45, 7) is 10.2. The number of furan rings is 1. The number of benzene rings is 1. The Hall–Kier alpha value is -2.90. The fourth-order valence-corrected chi connectivity index (χ4v) is 6.15. The van der Waals surface area contributed by atoms with E-state index in [1.807, 2.05) is 6.07 Å². The third kappa shape index (κ3) is 3.67. The third-order valence-corrected chi connectivity index (χ3v) is 7.93. The first-order valence-corrected chi connectivity index (χ1v) is 12.2. The number of likely N-dealkylation sites (tertiary alicyclic amines) is 1. The van der Waals surface area contributed by atoms with Crippen LogP contribution in [0.1, 0.15) is 64.4 Å². The molecule has 0 saturated carbocycles. The van der Waals surface area contributed by atoms with Gasteiger partial charge in [-0.3, -0.25) is 14.4 Å². The van der Waals surface area contributed by atoms with E-state index in [2.05, 4.69) is 53.9 Å². The van der Waals surface area contributed by atoms with Crippen molar-refractivity contribution in [1.82, 2.24) is 20.0 Å². The molecule has 3 aromatic rings. The number of fused-ring (bicyclic) bond motifs is 2. The molecule has 2 atom stereocenters. The molecule has 1 amide bonds. The number of nitrogens with zero attached hydrogens (tertiary/aromatic N) is 3. The summed E-state index contributed by atoms with van der Waals surface area (Å²) in [7, 11) is 1.77. The zero-order valence-corrected chi connectivity index (χ0v) is 20.5. The second-order valence-electron chi connectivity index (χ2n) is 9.57. The summed E-state index contributed by atoms with van der Waals surface area (Å²) < 4.78 is 13.6. The summed E-state index contributed by atoms with van der Waals surface area (Å²) in [5, 5.41) is 7.90. The molecule has 1 aliphatic carbocycles.